The van der Waals surface area contributed by atoms with E-state index in [1.54, 1.807) is 24.3 Å². The van der Waals surface area contributed by atoms with E-state index in [0.717, 1.165) is 5.56 Å². The molecule has 194 valence electrons. The Morgan fingerprint density at radius 3 is 2.54 bits per heavy atom. The molecule has 2 aliphatic heterocycles. The number of urea groups is 1. The summed E-state index contributed by atoms with van der Waals surface area (Å²) in [6.45, 7) is 4.71. The molecule has 0 aromatic heterocycles. The topological polar surface area (TPSA) is 172 Å². The van der Waals surface area contributed by atoms with E-state index in [2.05, 4.69) is 21.3 Å². The number of nitrogens with two attached hydrogens (primary N) is 1. The largest absolute Gasteiger partial charge is 0.480 e. The average molecular weight is 492 g/mol. The molecule has 11 nitrogen and oxygen atoms in total. The molecular formula is C24H37N5O6. The predicted octanol–water partition coefficient (Wildman–Crippen LogP) is 0.979. The molecule has 0 saturated carbocycles. The molecule has 11 heteroatoms. The van der Waals surface area contributed by atoms with Crippen LogP contribution in [-0.4, -0.2) is 66.8 Å². The summed E-state index contributed by atoms with van der Waals surface area (Å²) in [6.07, 6.45) is 1.78. The van der Waals surface area contributed by atoms with E-state index in [0.29, 0.717) is 25.1 Å². The molecule has 3 atom stereocenters. The van der Waals surface area contributed by atoms with Crippen molar-refractivity contribution in [2.24, 2.45) is 11.7 Å². The highest BCUT2D eigenvalue weighted by molar-refractivity contribution is 5.91. The van der Waals surface area contributed by atoms with Crippen molar-refractivity contribution in [2.75, 3.05) is 25.1 Å². The first-order valence-corrected chi connectivity index (χ1v) is 12.0. The van der Waals surface area contributed by atoms with E-state index in [1.807, 2.05) is 13.8 Å². The first-order valence-electron chi connectivity index (χ1n) is 12.0. The highest BCUT2D eigenvalue weighted by atomic mass is 16.5. The Bertz CT molecular complexity index is 860. The van der Waals surface area contributed by atoms with Gasteiger partial charge in [-0.2, -0.15) is 0 Å². The van der Waals surface area contributed by atoms with Gasteiger partial charge in [0.15, 0.2) is 0 Å². The van der Waals surface area contributed by atoms with E-state index < -0.39 is 30.0 Å². The number of carboxylic acids is 1. The third kappa shape index (κ3) is 9.91. The summed E-state index contributed by atoms with van der Waals surface area (Å²) in [4.78, 5) is 49.5. The zero-order chi connectivity index (χ0) is 25.8. The van der Waals surface area contributed by atoms with Crippen molar-refractivity contribution in [3.05, 3.63) is 29.8 Å². The highest BCUT2D eigenvalue weighted by Gasteiger charge is 2.27. The number of anilines is 1. The van der Waals surface area contributed by atoms with Gasteiger partial charge in [0.2, 0.25) is 11.8 Å². The standard InChI is InChI=1S/C24H37N5O6/c1-15(2)20-14-35-12-10-21(30)26-17-8-6-16(7-9-17)13-19(22(31)27-20)29-24(34)28-18(23(32)33)5-3-4-11-25/h6-9,15,18-20H,3-5,10-14,25H2,1-2H3,(H,26,30)(H,27,31)(H,32,33)(H2,28,29,34)/t18?,19-,20-/m1/s1. The van der Waals surface area contributed by atoms with Crippen molar-refractivity contribution in [3.63, 3.8) is 0 Å². The number of fused-ring (bicyclic) bond motifs is 12. The number of aliphatic carboxylic acids is 1. The molecule has 1 unspecified atom stereocenters. The fourth-order valence-electron chi connectivity index (χ4n) is 3.56. The number of carboxylic acid groups (broad SMARTS) is 1. The SMILES string of the molecule is CC(C)[C@H]1COCCC(=O)Nc2ccc(cc2)C[C@@H](NC(=O)NC(CCCCN)C(=O)O)C(=O)N1. The Morgan fingerprint density at radius 1 is 1.20 bits per heavy atom. The fourth-order valence-corrected chi connectivity index (χ4v) is 3.56. The molecule has 0 radical (unpaired) electrons. The second-order valence-electron chi connectivity index (χ2n) is 8.98. The summed E-state index contributed by atoms with van der Waals surface area (Å²) in [5.74, 6) is -1.70. The Hall–Kier alpha value is -3.18. The maximum atomic E-state index is 13.2. The molecule has 4 amide bonds. The van der Waals surface area contributed by atoms with Gasteiger partial charge in [-0.3, -0.25) is 9.59 Å². The van der Waals surface area contributed by atoms with Crippen LogP contribution in [0.25, 0.3) is 0 Å². The molecule has 3 rings (SSSR count). The van der Waals surface area contributed by atoms with E-state index in [1.165, 1.54) is 0 Å². The van der Waals surface area contributed by atoms with Crippen LogP contribution in [0.4, 0.5) is 10.5 Å². The van der Waals surface area contributed by atoms with Gasteiger partial charge in [-0.1, -0.05) is 26.0 Å². The molecule has 0 fully saturated rings. The molecule has 2 aliphatic rings. The van der Waals surface area contributed by atoms with Gasteiger partial charge in [0.25, 0.3) is 0 Å². The lowest BCUT2D eigenvalue weighted by molar-refractivity contribution is -0.139. The Kier molecular flexibility index (Phi) is 11.4. The van der Waals surface area contributed by atoms with E-state index in [4.69, 9.17) is 10.5 Å². The van der Waals surface area contributed by atoms with E-state index in [-0.39, 0.29) is 50.3 Å². The Labute approximate surface area is 205 Å². The number of unbranched alkanes of at least 4 members (excludes halogenated alkanes) is 1. The second-order valence-corrected chi connectivity index (χ2v) is 8.98. The number of nitrogens with one attached hydrogen (secondary N) is 4. The number of carbonyl (C=O) groups excluding carboxylic acids is 3. The van der Waals surface area contributed by atoms with Crippen LogP contribution in [-0.2, 0) is 25.5 Å². The summed E-state index contributed by atoms with van der Waals surface area (Å²) >= 11 is 0. The zero-order valence-electron chi connectivity index (χ0n) is 20.3. The van der Waals surface area contributed by atoms with Crippen LogP contribution in [0.1, 0.15) is 45.1 Å². The molecule has 7 N–H and O–H groups in total. The molecule has 1 aromatic carbocycles. The first-order chi connectivity index (χ1) is 16.7. The van der Waals surface area contributed by atoms with Gasteiger partial charge >= 0.3 is 12.0 Å². The van der Waals surface area contributed by atoms with Crippen molar-refractivity contribution >= 4 is 29.5 Å². The summed E-state index contributed by atoms with van der Waals surface area (Å²) < 4.78 is 5.62. The van der Waals surface area contributed by atoms with Crippen LogP contribution < -0.4 is 27.0 Å². The molecule has 35 heavy (non-hydrogen) atoms. The van der Waals surface area contributed by atoms with Crippen molar-refractivity contribution < 1.29 is 29.0 Å². The van der Waals surface area contributed by atoms with Crippen LogP contribution in [0, 0.1) is 5.92 Å². The number of rotatable bonds is 8. The van der Waals surface area contributed by atoms with Crippen LogP contribution >= 0.6 is 0 Å². The minimum Gasteiger partial charge on any atom is -0.480 e. The van der Waals surface area contributed by atoms with Gasteiger partial charge in [0.05, 0.1) is 25.7 Å². The number of carbonyl (C=O) groups is 4. The molecular weight excluding hydrogens is 454 g/mol. The number of hydrogen-bond donors (Lipinski definition) is 6. The fraction of sp³-hybridized carbons (Fsp3) is 0.583. The van der Waals surface area contributed by atoms with E-state index >= 15 is 0 Å². The third-order valence-electron chi connectivity index (χ3n) is 5.75. The molecule has 0 saturated heterocycles. The second kappa shape index (κ2) is 14.3. The summed E-state index contributed by atoms with van der Waals surface area (Å²) in [7, 11) is 0. The maximum Gasteiger partial charge on any atom is 0.326 e. The Balaban J connectivity index is 2.19. The smallest absolute Gasteiger partial charge is 0.326 e. The van der Waals surface area contributed by atoms with Crippen LogP contribution in [0.2, 0.25) is 0 Å². The molecule has 1 aromatic rings. The van der Waals surface area contributed by atoms with Crippen LogP contribution in [0.3, 0.4) is 0 Å². The van der Waals surface area contributed by atoms with Crippen molar-refractivity contribution in [2.45, 2.75) is 64.1 Å². The minimum atomic E-state index is -1.15. The van der Waals surface area contributed by atoms with Crippen LogP contribution in [0.5, 0.6) is 0 Å². The summed E-state index contributed by atoms with van der Waals surface area (Å²) in [6, 6.07) is 3.83. The normalized spacial score (nSPS) is 20.2. The highest BCUT2D eigenvalue weighted by Crippen LogP contribution is 2.13. The quantitative estimate of drug-likeness (QED) is 0.294. The maximum absolute atomic E-state index is 13.2. The van der Waals surface area contributed by atoms with Gasteiger partial charge in [-0.15, -0.1) is 0 Å². The summed E-state index contributed by atoms with van der Waals surface area (Å²) in [5, 5.41) is 20.2. The molecule has 2 bridgehead atoms. The number of amides is 4. The van der Waals surface area contributed by atoms with Gasteiger partial charge in [-0.05, 0) is 49.4 Å². The first kappa shape index (κ1) is 28.1. The predicted molar refractivity (Wildman–Crippen MR) is 131 cm³/mol. The average Bonchev–Trinajstić information content (AvgIpc) is 2.81. The lowest BCUT2D eigenvalue weighted by atomic mass is 10.0. The number of hydrogen-bond acceptors (Lipinski definition) is 6. The monoisotopic (exact) mass is 491 g/mol. The number of benzene rings is 1. The van der Waals surface area contributed by atoms with Gasteiger partial charge in [0.1, 0.15) is 12.1 Å². The van der Waals surface area contributed by atoms with E-state index in [9.17, 15) is 24.3 Å². The van der Waals surface area contributed by atoms with Gasteiger partial charge in [-0.25, -0.2) is 9.59 Å². The Morgan fingerprint density at radius 2 is 1.91 bits per heavy atom. The zero-order valence-corrected chi connectivity index (χ0v) is 20.3. The summed E-state index contributed by atoms with van der Waals surface area (Å²) in [5.41, 5.74) is 6.83. The minimum absolute atomic E-state index is 0.0377. The lowest BCUT2D eigenvalue weighted by Gasteiger charge is -2.26. The molecule has 0 spiro atoms. The molecule has 2 heterocycles. The van der Waals surface area contributed by atoms with Crippen molar-refractivity contribution in [1.29, 1.82) is 0 Å². The third-order valence-corrected chi connectivity index (χ3v) is 5.75. The molecule has 0 aliphatic carbocycles. The number of ether oxygens (including phenoxy) is 1. The van der Waals surface area contributed by atoms with Gasteiger partial charge in [0, 0.05) is 12.1 Å². The lowest BCUT2D eigenvalue weighted by Crippen LogP contribution is -2.56. The van der Waals surface area contributed by atoms with Crippen molar-refractivity contribution in [1.82, 2.24) is 16.0 Å². The van der Waals surface area contributed by atoms with Crippen LogP contribution in [0.15, 0.2) is 24.3 Å². The van der Waals surface area contributed by atoms with Crippen molar-refractivity contribution in [3.8, 4) is 0 Å². The van der Waals surface area contributed by atoms with Gasteiger partial charge < -0.3 is 36.8 Å².